The minimum absolute atomic E-state index is 0.222. The van der Waals surface area contributed by atoms with Gasteiger partial charge in [-0.1, -0.05) is 23.5 Å². The SMILES string of the molecule is Cc1cc(-c2sc(NC(=O)N3CCC(C)(O)CC3)nc2-c2cccc(C#N)c2)cc(C)n1. The molecule has 7 nitrogen and oxygen atoms in total. The summed E-state index contributed by atoms with van der Waals surface area (Å²) in [6.45, 7) is 6.69. The van der Waals surface area contributed by atoms with Crippen LogP contribution in [0.5, 0.6) is 0 Å². The van der Waals surface area contributed by atoms with Crippen LogP contribution in [0.2, 0.25) is 0 Å². The van der Waals surface area contributed by atoms with Gasteiger partial charge in [0.25, 0.3) is 0 Å². The average molecular weight is 448 g/mol. The van der Waals surface area contributed by atoms with Crippen LogP contribution >= 0.6 is 11.3 Å². The van der Waals surface area contributed by atoms with Gasteiger partial charge in [0.15, 0.2) is 5.13 Å². The number of amides is 2. The third-order valence-corrected chi connectivity index (χ3v) is 6.60. The summed E-state index contributed by atoms with van der Waals surface area (Å²) in [5, 5.41) is 22.9. The number of hydrogen-bond donors (Lipinski definition) is 2. The normalized spacial score (nSPS) is 15.3. The van der Waals surface area contributed by atoms with Gasteiger partial charge >= 0.3 is 6.03 Å². The van der Waals surface area contributed by atoms with E-state index in [-0.39, 0.29) is 6.03 Å². The molecule has 3 aromatic rings. The van der Waals surface area contributed by atoms with Gasteiger partial charge in [-0.05, 0) is 63.4 Å². The zero-order valence-corrected chi connectivity index (χ0v) is 19.2. The molecule has 2 amide bonds. The zero-order chi connectivity index (χ0) is 22.9. The maximum absolute atomic E-state index is 12.8. The largest absolute Gasteiger partial charge is 0.390 e. The molecule has 0 atom stereocenters. The van der Waals surface area contributed by atoms with E-state index >= 15 is 0 Å². The van der Waals surface area contributed by atoms with Gasteiger partial charge in [-0.15, -0.1) is 0 Å². The van der Waals surface area contributed by atoms with Gasteiger partial charge < -0.3 is 10.0 Å². The van der Waals surface area contributed by atoms with E-state index in [1.165, 1.54) is 11.3 Å². The van der Waals surface area contributed by atoms with Crippen LogP contribution in [0.15, 0.2) is 36.4 Å². The number of pyridine rings is 1. The van der Waals surface area contributed by atoms with Gasteiger partial charge in [0, 0.05) is 30.0 Å². The van der Waals surface area contributed by atoms with E-state index in [9.17, 15) is 15.2 Å². The summed E-state index contributed by atoms with van der Waals surface area (Å²) >= 11 is 1.40. The van der Waals surface area contributed by atoms with Crippen LogP contribution in [0.25, 0.3) is 21.7 Å². The smallest absolute Gasteiger partial charge is 0.323 e. The van der Waals surface area contributed by atoms with Crippen LogP contribution in [0.1, 0.15) is 36.7 Å². The molecule has 1 aliphatic rings. The molecule has 4 rings (SSSR count). The van der Waals surface area contributed by atoms with E-state index in [0.29, 0.717) is 42.3 Å². The molecule has 0 spiro atoms. The highest BCUT2D eigenvalue weighted by Gasteiger charge is 2.30. The van der Waals surface area contributed by atoms with Crippen molar-refractivity contribution in [3.8, 4) is 27.8 Å². The number of hydrogen-bond acceptors (Lipinski definition) is 6. The minimum Gasteiger partial charge on any atom is -0.390 e. The van der Waals surface area contributed by atoms with Crippen molar-refractivity contribution in [1.29, 1.82) is 5.26 Å². The second-order valence-corrected chi connectivity index (χ2v) is 9.44. The van der Waals surface area contributed by atoms with Crippen LogP contribution in [-0.4, -0.2) is 44.7 Å². The van der Waals surface area contributed by atoms with Crippen LogP contribution in [0, 0.1) is 25.2 Å². The first-order valence-electron chi connectivity index (χ1n) is 10.5. The number of nitrogens with zero attached hydrogens (tertiary/aromatic N) is 4. The number of nitrogens with one attached hydrogen (secondary N) is 1. The van der Waals surface area contributed by atoms with Crippen molar-refractivity contribution >= 4 is 22.5 Å². The molecule has 0 unspecified atom stereocenters. The summed E-state index contributed by atoms with van der Waals surface area (Å²) in [6.07, 6.45) is 1.09. The first kappa shape index (κ1) is 21.9. The lowest BCUT2D eigenvalue weighted by atomic mass is 9.94. The molecule has 0 saturated carbocycles. The van der Waals surface area contributed by atoms with Crippen molar-refractivity contribution in [3.05, 3.63) is 53.3 Å². The summed E-state index contributed by atoms with van der Waals surface area (Å²) in [6, 6.07) is 13.2. The molecule has 32 heavy (non-hydrogen) atoms. The number of thiazole rings is 1. The molecule has 1 aliphatic heterocycles. The summed E-state index contributed by atoms with van der Waals surface area (Å²) in [7, 11) is 0. The molecule has 0 bridgehead atoms. The van der Waals surface area contributed by atoms with Crippen LogP contribution in [0.4, 0.5) is 9.93 Å². The van der Waals surface area contributed by atoms with Gasteiger partial charge in [-0.2, -0.15) is 5.26 Å². The molecular formula is C24H25N5O2S. The first-order valence-corrected chi connectivity index (χ1v) is 11.3. The predicted molar refractivity (Wildman–Crippen MR) is 125 cm³/mol. The number of rotatable bonds is 3. The number of benzene rings is 1. The number of piperidine rings is 1. The molecule has 3 heterocycles. The minimum atomic E-state index is -0.721. The second kappa shape index (κ2) is 8.69. The lowest BCUT2D eigenvalue weighted by Gasteiger charge is -2.35. The number of carbonyl (C=O) groups excluding carboxylic acids is 1. The zero-order valence-electron chi connectivity index (χ0n) is 18.3. The second-order valence-electron chi connectivity index (χ2n) is 8.44. The molecule has 0 aliphatic carbocycles. The van der Waals surface area contributed by atoms with Crippen molar-refractivity contribution in [2.45, 2.75) is 39.2 Å². The number of urea groups is 1. The fourth-order valence-electron chi connectivity index (χ4n) is 3.83. The quantitative estimate of drug-likeness (QED) is 0.604. The molecule has 164 valence electrons. The van der Waals surface area contributed by atoms with Crippen molar-refractivity contribution in [2.75, 3.05) is 18.4 Å². The number of aryl methyl sites for hydroxylation is 2. The monoisotopic (exact) mass is 447 g/mol. The highest BCUT2D eigenvalue weighted by Crippen LogP contribution is 2.40. The highest BCUT2D eigenvalue weighted by molar-refractivity contribution is 7.19. The van der Waals surface area contributed by atoms with Crippen molar-refractivity contribution in [3.63, 3.8) is 0 Å². The molecule has 8 heteroatoms. The molecule has 1 aromatic carbocycles. The Balaban J connectivity index is 1.69. The molecule has 2 aromatic heterocycles. The Morgan fingerprint density at radius 2 is 1.84 bits per heavy atom. The third-order valence-electron chi connectivity index (χ3n) is 5.58. The van der Waals surface area contributed by atoms with Crippen LogP contribution in [-0.2, 0) is 0 Å². The number of carbonyl (C=O) groups is 1. The van der Waals surface area contributed by atoms with Gasteiger partial charge in [0.2, 0.25) is 0 Å². The summed E-state index contributed by atoms with van der Waals surface area (Å²) in [5.74, 6) is 0. The van der Waals surface area contributed by atoms with Gasteiger partial charge in [0.1, 0.15) is 0 Å². The van der Waals surface area contributed by atoms with E-state index in [1.54, 1.807) is 24.0 Å². The lowest BCUT2D eigenvalue weighted by Crippen LogP contribution is -2.46. The van der Waals surface area contributed by atoms with Crippen molar-refractivity contribution < 1.29 is 9.90 Å². The number of likely N-dealkylation sites (tertiary alicyclic amines) is 1. The Morgan fingerprint density at radius 1 is 1.16 bits per heavy atom. The summed E-state index contributed by atoms with van der Waals surface area (Å²) in [5.41, 5.74) is 4.13. The Bertz CT molecular complexity index is 1180. The highest BCUT2D eigenvalue weighted by atomic mass is 32.1. The summed E-state index contributed by atoms with van der Waals surface area (Å²) < 4.78 is 0. The van der Waals surface area contributed by atoms with Crippen LogP contribution in [0.3, 0.4) is 0 Å². The fraction of sp³-hybridized carbons (Fsp3) is 0.333. The van der Waals surface area contributed by atoms with Crippen molar-refractivity contribution in [2.24, 2.45) is 0 Å². The van der Waals surface area contributed by atoms with Gasteiger partial charge in [-0.25, -0.2) is 9.78 Å². The van der Waals surface area contributed by atoms with E-state index in [0.717, 1.165) is 27.4 Å². The number of nitriles is 1. The summed E-state index contributed by atoms with van der Waals surface area (Å²) in [4.78, 5) is 24.6. The maximum atomic E-state index is 12.8. The predicted octanol–water partition coefficient (Wildman–Crippen LogP) is 4.74. The third kappa shape index (κ3) is 4.79. The van der Waals surface area contributed by atoms with Crippen molar-refractivity contribution in [1.82, 2.24) is 14.9 Å². The molecule has 2 N–H and O–H groups in total. The Labute approximate surface area is 191 Å². The average Bonchev–Trinajstić information content (AvgIpc) is 3.17. The van der Waals surface area contributed by atoms with Gasteiger partial charge in [-0.3, -0.25) is 10.3 Å². The van der Waals surface area contributed by atoms with E-state index < -0.39 is 5.60 Å². The Hall–Kier alpha value is -3.28. The Morgan fingerprint density at radius 3 is 2.50 bits per heavy atom. The molecule has 1 fully saturated rings. The fourth-order valence-corrected chi connectivity index (χ4v) is 4.79. The lowest BCUT2D eigenvalue weighted by molar-refractivity contribution is 0.00570. The maximum Gasteiger partial charge on any atom is 0.323 e. The topological polar surface area (TPSA) is 102 Å². The van der Waals surface area contributed by atoms with Gasteiger partial charge in [0.05, 0.1) is 27.8 Å². The van der Waals surface area contributed by atoms with Crippen LogP contribution < -0.4 is 5.32 Å². The molecular weight excluding hydrogens is 422 g/mol. The number of anilines is 1. The van der Waals surface area contributed by atoms with E-state index in [2.05, 4.69) is 16.4 Å². The number of aromatic nitrogens is 2. The number of aliphatic hydroxyl groups is 1. The Kier molecular flexibility index (Phi) is 5.96. The molecule has 0 radical (unpaired) electrons. The standard InChI is InChI=1S/C24H25N5O2S/c1-15-11-19(12-16(2)26-15)21-20(18-6-4-5-17(13-18)14-25)27-22(32-21)28-23(30)29-9-7-24(3,31)8-10-29/h4-6,11-13,31H,7-10H2,1-3H3,(H,27,28,30). The first-order chi connectivity index (χ1) is 15.2. The molecule has 1 saturated heterocycles. The van der Waals surface area contributed by atoms with E-state index in [1.807, 2.05) is 38.1 Å². The van der Waals surface area contributed by atoms with E-state index in [4.69, 9.17) is 4.98 Å².